The predicted octanol–water partition coefficient (Wildman–Crippen LogP) is 1.70. The molecule has 6 nitrogen and oxygen atoms in total. The highest BCUT2D eigenvalue weighted by Crippen LogP contribution is 2.20. The lowest BCUT2D eigenvalue weighted by molar-refractivity contribution is -0.136. The average Bonchev–Trinajstić information content (AvgIpc) is 2.38. The zero-order chi connectivity index (χ0) is 15.5. The van der Waals surface area contributed by atoms with Crippen molar-refractivity contribution in [3.8, 4) is 0 Å². The fourth-order valence-corrected chi connectivity index (χ4v) is 3.60. The first kappa shape index (κ1) is 15.8. The maximum absolute atomic E-state index is 12.3. The molecule has 1 aromatic carbocycles. The number of rotatable bonds is 5. The molecule has 2 rings (SSSR count). The van der Waals surface area contributed by atoms with Crippen LogP contribution < -0.4 is 4.72 Å². The van der Waals surface area contributed by atoms with E-state index in [4.69, 9.17) is 5.11 Å². The minimum Gasteiger partial charge on any atom is -0.481 e. The van der Waals surface area contributed by atoms with E-state index in [1.54, 1.807) is 24.3 Å². The van der Waals surface area contributed by atoms with Gasteiger partial charge in [-0.2, -0.15) is 12.7 Å². The third-order valence-corrected chi connectivity index (χ3v) is 5.15. The van der Waals surface area contributed by atoms with E-state index in [9.17, 15) is 13.2 Å². The topological polar surface area (TPSA) is 86.7 Å². The van der Waals surface area contributed by atoms with Crippen LogP contribution in [0, 0.1) is 5.92 Å². The quantitative estimate of drug-likeness (QED) is 0.866. The van der Waals surface area contributed by atoms with Crippen LogP contribution in [0.25, 0.3) is 0 Å². The molecule has 0 atom stereocenters. The van der Waals surface area contributed by atoms with Crippen molar-refractivity contribution >= 4 is 21.9 Å². The summed E-state index contributed by atoms with van der Waals surface area (Å²) in [4.78, 5) is 10.7. The minimum atomic E-state index is -3.57. The largest absolute Gasteiger partial charge is 0.481 e. The summed E-state index contributed by atoms with van der Waals surface area (Å²) in [5, 5.41) is 8.77. The highest BCUT2D eigenvalue weighted by Gasteiger charge is 2.26. The van der Waals surface area contributed by atoms with Crippen LogP contribution in [0.15, 0.2) is 24.3 Å². The zero-order valence-electron chi connectivity index (χ0n) is 11.9. The second-order valence-corrected chi connectivity index (χ2v) is 7.13. The Morgan fingerprint density at radius 2 is 2.05 bits per heavy atom. The Morgan fingerprint density at radius 1 is 1.38 bits per heavy atom. The molecular formula is C14H20N2O4S. The highest BCUT2D eigenvalue weighted by atomic mass is 32.2. The van der Waals surface area contributed by atoms with Crippen LogP contribution in [0.5, 0.6) is 0 Å². The van der Waals surface area contributed by atoms with Gasteiger partial charge >= 0.3 is 16.2 Å². The maximum Gasteiger partial charge on any atom is 0.307 e. The zero-order valence-corrected chi connectivity index (χ0v) is 12.8. The lowest BCUT2D eigenvalue weighted by Crippen LogP contribution is -2.41. The molecule has 0 saturated carbocycles. The Hall–Kier alpha value is -1.60. The Balaban J connectivity index is 2.07. The predicted molar refractivity (Wildman–Crippen MR) is 80.3 cm³/mol. The normalized spacial score (nSPS) is 17.6. The van der Waals surface area contributed by atoms with Crippen molar-refractivity contribution in [2.24, 2.45) is 5.92 Å². The molecule has 116 valence electrons. The van der Waals surface area contributed by atoms with Gasteiger partial charge in [0.15, 0.2) is 0 Å². The van der Waals surface area contributed by atoms with Gasteiger partial charge in [-0.15, -0.1) is 0 Å². The molecule has 2 N–H and O–H groups in total. The summed E-state index contributed by atoms with van der Waals surface area (Å²) in [6.07, 6.45) is 1.59. The summed E-state index contributed by atoms with van der Waals surface area (Å²) in [6.45, 7) is 3.16. The van der Waals surface area contributed by atoms with E-state index in [0.29, 0.717) is 30.3 Å². The van der Waals surface area contributed by atoms with Crippen LogP contribution in [0.4, 0.5) is 5.69 Å². The summed E-state index contributed by atoms with van der Waals surface area (Å²) >= 11 is 0. The Labute approximate surface area is 125 Å². The van der Waals surface area contributed by atoms with Gasteiger partial charge in [0.25, 0.3) is 0 Å². The summed E-state index contributed by atoms with van der Waals surface area (Å²) in [7, 11) is -3.57. The summed E-state index contributed by atoms with van der Waals surface area (Å²) in [5.74, 6) is -0.393. The fourth-order valence-electron chi connectivity index (χ4n) is 2.36. The molecule has 0 bridgehead atoms. The van der Waals surface area contributed by atoms with Gasteiger partial charge in [-0.3, -0.25) is 9.52 Å². The van der Waals surface area contributed by atoms with Crippen molar-refractivity contribution < 1.29 is 18.3 Å². The Bertz CT molecular complexity index is 607. The van der Waals surface area contributed by atoms with Crippen LogP contribution >= 0.6 is 0 Å². The number of carbonyl (C=O) groups is 1. The van der Waals surface area contributed by atoms with Crippen molar-refractivity contribution in [2.75, 3.05) is 17.8 Å². The summed E-state index contributed by atoms with van der Waals surface area (Å²) in [5.41, 5.74) is 0.960. The first-order valence-corrected chi connectivity index (χ1v) is 8.39. The second-order valence-electron chi connectivity index (χ2n) is 5.46. The highest BCUT2D eigenvalue weighted by molar-refractivity contribution is 7.90. The molecule has 21 heavy (non-hydrogen) atoms. The number of carboxylic acid groups (broad SMARTS) is 1. The number of piperidine rings is 1. The third kappa shape index (κ3) is 4.44. The van der Waals surface area contributed by atoms with E-state index in [0.717, 1.165) is 12.8 Å². The minimum absolute atomic E-state index is 0.128. The molecule has 0 unspecified atom stereocenters. The summed E-state index contributed by atoms with van der Waals surface area (Å²) < 4.78 is 28.6. The average molecular weight is 312 g/mol. The number of hydrogen-bond donors (Lipinski definition) is 2. The number of nitrogens with one attached hydrogen (secondary N) is 1. The van der Waals surface area contributed by atoms with Crippen molar-refractivity contribution in [2.45, 2.75) is 26.2 Å². The molecule has 0 amide bonds. The number of nitrogens with zero attached hydrogens (tertiary/aromatic N) is 1. The van der Waals surface area contributed by atoms with E-state index in [2.05, 4.69) is 11.6 Å². The van der Waals surface area contributed by atoms with Gasteiger partial charge in [0.05, 0.1) is 12.1 Å². The Kier molecular flexibility index (Phi) is 4.84. The van der Waals surface area contributed by atoms with Gasteiger partial charge in [0, 0.05) is 13.1 Å². The van der Waals surface area contributed by atoms with Gasteiger partial charge in [0.2, 0.25) is 0 Å². The number of carboxylic acids is 1. The fraction of sp³-hybridized carbons (Fsp3) is 0.500. The first-order chi connectivity index (χ1) is 9.87. The number of aliphatic carboxylic acids is 1. The van der Waals surface area contributed by atoms with Crippen molar-refractivity contribution in [1.29, 1.82) is 0 Å². The van der Waals surface area contributed by atoms with Gasteiger partial charge < -0.3 is 5.11 Å². The smallest absolute Gasteiger partial charge is 0.307 e. The molecule has 0 aromatic heterocycles. The standard InChI is InChI=1S/C14H20N2O4S/c1-11-5-7-16(8-6-11)21(19,20)15-13-4-2-3-12(9-13)10-14(17)18/h2-4,9,11,15H,5-8,10H2,1H3,(H,17,18). The van der Waals surface area contributed by atoms with Crippen molar-refractivity contribution in [3.05, 3.63) is 29.8 Å². The van der Waals surface area contributed by atoms with E-state index < -0.39 is 16.2 Å². The molecule has 1 aliphatic rings. The van der Waals surface area contributed by atoms with E-state index >= 15 is 0 Å². The van der Waals surface area contributed by atoms with E-state index in [1.807, 2.05) is 0 Å². The van der Waals surface area contributed by atoms with Gasteiger partial charge in [-0.25, -0.2) is 0 Å². The van der Waals surface area contributed by atoms with Crippen LogP contribution in [0.3, 0.4) is 0 Å². The maximum atomic E-state index is 12.3. The molecule has 1 saturated heterocycles. The molecule has 1 aliphatic heterocycles. The first-order valence-electron chi connectivity index (χ1n) is 6.95. The molecule has 0 aliphatic carbocycles. The lowest BCUT2D eigenvalue weighted by atomic mass is 10.0. The van der Waals surface area contributed by atoms with Crippen LogP contribution in [-0.2, 0) is 21.4 Å². The monoisotopic (exact) mass is 312 g/mol. The van der Waals surface area contributed by atoms with Crippen molar-refractivity contribution in [1.82, 2.24) is 4.31 Å². The molecular weight excluding hydrogens is 292 g/mol. The van der Waals surface area contributed by atoms with Crippen LogP contribution in [0.1, 0.15) is 25.3 Å². The molecule has 0 spiro atoms. The number of benzene rings is 1. The Morgan fingerprint density at radius 3 is 2.67 bits per heavy atom. The van der Waals surface area contributed by atoms with Gasteiger partial charge in [-0.1, -0.05) is 19.1 Å². The second kappa shape index (κ2) is 6.44. The van der Waals surface area contributed by atoms with E-state index in [1.165, 1.54) is 4.31 Å². The van der Waals surface area contributed by atoms with Crippen LogP contribution in [-0.4, -0.2) is 36.9 Å². The SMILES string of the molecule is CC1CCN(S(=O)(=O)Nc2cccc(CC(=O)O)c2)CC1. The molecule has 7 heteroatoms. The molecule has 1 heterocycles. The van der Waals surface area contributed by atoms with Crippen molar-refractivity contribution in [3.63, 3.8) is 0 Å². The third-order valence-electron chi connectivity index (χ3n) is 3.61. The number of hydrogen-bond acceptors (Lipinski definition) is 3. The molecule has 0 radical (unpaired) electrons. The molecule has 1 fully saturated rings. The van der Waals surface area contributed by atoms with E-state index in [-0.39, 0.29) is 6.42 Å². The van der Waals surface area contributed by atoms with Gasteiger partial charge in [0.1, 0.15) is 0 Å². The lowest BCUT2D eigenvalue weighted by Gasteiger charge is -2.29. The van der Waals surface area contributed by atoms with Gasteiger partial charge in [-0.05, 0) is 36.5 Å². The summed E-state index contributed by atoms with van der Waals surface area (Å²) in [6, 6.07) is 6.48. The van der Waals surface area contributed by atoms with Crippen LogP contribution in [0.2, 0.25) is 0 Å². The number of anilines is 1. The molecule has 1 aromatic rings.